The van der Waals surface area contributed by atoms with Crippen LogP contribution in [0.3, 0.4) is 0 Å². The van der Waals surface area contributed by atoms with Gasteiger partial charge in [0.2, 0.25) is 11.7 Å². The Labute approximate surface area is 165 Å². The number of methoxy groups -OCH3 is 4. The SMILES string of the molecule is COC(=O)N1CCC(CNC(=O)C=Cc2cc(OC)c(OC)c(OC)c2)CC1. The zero-order valence-corrected chi connectivity index (χ0v) is 16.8. The average Bonchev–Trinajstić information content (AvgIpc) is 2.74. The molecule has 0 aromatic heterocycles. The number of amides is 2. The van der Waals surface area contributed by atoms with Crippen LogP contribution in [0.2, 0.25) is 0 Å². The fourth-order valence-electron chi connectivity index (χ4n) is 3.12. The molecule has 2 amide bonds. The molecule has 8 heteroatoms. The molecule has 154 valence electrons. The van der Waals surface area contributed by atoms with Crippen molar-refractivity contribution >= 4 is 18.1 Å². The van der Waals surface area contributed by atoms with Crippen LogP contribution in [-0.4, -0.2) is 65.0 Å². The molecule has 0 unspecified atom stereocenters. The second kappa shape index (κ2) is 10.4. The van der Waals surface area contributed by atoms with Crippen molar-refractivity contribution in [2.45, 2.75) is 12.8 Å². The number of hydrogen-bond donors (Lipinski definition) is 1. The van der Waals surface area contributed by atoms with Crippen LogP contribution in [0.4, 0.5) is 4.79 Å². The molecular formula is C20H28N2O6. The van der Waals surface area contributed by atoms with Gasteiger partial charge in [0.1, 0.15) is 0 Å². The molecule has 0 saturated carbocycles. The Morgan fingerprint density at radius 2 is 1.68 bits per heavy atom. The van der Waals surface area contributed by atoms with Crippen LogP contribution < -0.4 is 19.5 Å². The van der Waals surface area contributed by atoms with E-state index in [9.17, 15) is 9.59 Å². The molecule has 0 aliphatic carbocycles. The van der Waals surface area contributed by atoms with Gasteiger partial charge in [0.15, 0.2) is 11.5 Å². The highest BCUT2D eigenvalue weighted by atomic mass is 16.5. The lowest BCUT2D eigenvalue weighted by atomic mass is 9.97. The molecule has 0 spiro atoms. The fourth-order valence-corrected chi connectivity index (χ4v) is 3.12. The van der Waals surface area contributed by atoms with E-state index < -0.39 is 0 Å². The van der Waals surface area contributed by atoms with Crippen molar-refractivity contribution < 1.29 is 28.5 Å². The molecule has 1 aromatic rings. The van der Waals surface area contributed by atoms with E-state index in [4.69, 9.17) is 18.9 Å². The molecule has 1 saturated heterocycles. The van der Waals surface area contributed by atoms with E-state index in [-0.39, 0.29) is 12.0 Å². The maximum absolute atomic E-state index is 12.1. The summed E-state index contributed by atoms with van der Waals surface area (Å²) >= 11 is 0. The van der Waals surface area contributed by atoms with Gasteiger partial charge in [0.05, 0.1) is 28.4 Å². The molecule has 1 aromatic carbocycles. The number of benzene rings is 1. The highest BCUT2D eigenvalue weighted by Gasteiger charge is 2.23. The number of carbonyl (C=O) groups is 2. The van der Waals surface area contributed by atoms with Crippen LogP contribution in [0.15, 0.2) is 18.2 Å². The predicted octanol–water partition coefficient (Wildman–Crippen LogP) is 2.32. The highest BCUT2D eigenvalue weighted by molar-refractivity contribution is 5.91. The van der Waals surface area contributed by atoms with E-state index in [1.807, 2.05) is 0 Å². The van der Waals surface area contributed by atoms with Gasteiger partial charge >= 0.3 is 6.09 Å². The lowest BCUT2D eigenvalue weighted by Gasteiger charge is -2.30. The first-order valence-corrected chi connectivity index (χ1v) is 9.11. The lowest BCUT2D eigenvalue weighted by Crippen LogP contribution is -2.41. The first kappa shape index (κ1) is 21.4. The summed E-state index contributed by atoms with van der Waals surface area (Å²) in [5.74, 6) is 1.73. The third-order valence-electron chi connectivity index (χ3n) is 4.73. The molecule has 28 heavy (non-hydrogen) atoms. The minimum absolute atomic E-state index is 0.177. The van der Waals surface area contributed by atoms with E-state index >= 15 is 0 Å². The number of piperidine rings is 1. The van der Waals surface area contributed by atoms with Crippen LogP contribution >= 0.6 is 0 Å². The van der Waals surface area contributed by atoms with Gasteiger partial charge in [0, 0.05) is 25.7 Å². The second-order valence-corrected chi connectivity index (χ2v) is 6.44. The van der Waals surface area contributed by atoms with Gasteiger partial charge in [-0.1, -0.05) is 0 Å². The largest absolute Gasteiger partial charge is 0.493 e. The number of nitrogens with one attached hydrogen (secondary N) is 1. The minimum atomic E-state index is -0.296. The van der Waals surface area contributed by atoms with Gasteiger partial charge < -0.3 is 29.2 Å². The van der Waals surface area contributed by atoms with Crippen LogP contribution in [-0.2, 0) is 9.53 Å². The van der Waals surface area contributed by atoms with E-state index in [1.165, 1.54) is 13.2 Å². The Balaban J connectivity index is 1.88. The van der Waals surface area contributed by atoms with Crippen molar-refractivity contribution in [3.8, 4) is 17.2 Å². The number of hydrogen-bond acceptors (Lipinski definition) is 6. The molecule has 1 N–H and O–H groups in total. The maximum atomic E-state index is 12.1. The summed E-state index contributed by atoms with van der Waals surface area (Å²) in [6, 6.07) is 3.54. The molecule has 0 bridgehead atoms. The molecule has 1 aliphatic heterocycles. The van der Waals surface area contributed by atoms with Gasteiger partial charge in [-0.05, 0) is 42.5 Å². The van der Waals surface area contributed by atoms with Gasteiger partial charge in [-0.2, -0.15) is 0 Å². The Morgan fingerprint density at radius 1 is 1.07 bits per heavy atom. The maximum Gasteiger partial charge on any atom is 0.409 e. The third kappa shape index (κ3) is 5.55. The van der Waals surface area contributed by atoms with Gasteiger partial charge in [-0.3, -0.25) is 4.79 Å². The molecule has 2 rings (SSSR count). The number of nitrogens with zero attached hydrogens (tertiary/aromatic N) is 1. The third-order valence-corrected chi connectivity index (χ3v) is 4.73. The van der Waals surface area contributed by atoms with E-state index in [0.717, 1.165) is 18.4 Å². The molecule has 1 heterocycles. The Kier molecular flexibility index (Phi) is 7.98. The van der Waals surface area contributed by atoms with Crippen molar-refractivity contribution in [1.82, 2.24) is 10.2 Å². The van der Waals surface area contributed by atoms with E-state index in [2.05, 4.69) is 5.32 Å². The van der Waals surface area contributed by atoms with E-state index in [0.29, 0.717) is 42.8 Å². The monoisotopic (exact) mass is 392 g/mol. The number of rotatable bonds is 7. The van der Waals surface area contributed by atoms with Gasteiger partial charge in [0.25, 0.3) is 0 Å². The number of ether oxygens (including phenoxy) is 4. The van der Waals surface area contributed by atoms with Crippen LogP contribution in [0, 0.1) is 5.92 Å². The van der Waals surface area contributed by atoms with Gasteiger partial charge in [-0.25, -0.2) is 4.79 Å². The topological polar surface area (TPSA) is 86.3 Å². The van der Waals surface area contributed by atoms with Crippen molar-refractivity contribution in [3.05, 3.63) is 23.8 Å². The van der Waals surface area contributed by atoms with Gasteiger partial charge in [-0.15, -0.1) is 0 Å². The molecule has 0 radical (unpaired) electrons. The van der Waals surface area contributed by atoms with Crippen molar-refractivity contribution in [2.24, 2.45) is 5.92 Å². The fraction of sp³-hybridized carbons (Fsp3) is 0.500. The van der Waals surface area contributed by atoms with Crippen LogP contribution in [0.1, 0.15) is 18.4 Å². The summed E-state index contributed by atoms with van der Waals surface area (Å²) in [4.78, 5) is 25.3. The minimum Gasteiger partial charge on any atom is -0.493 e. The smallest absolute Gasteiger partial charge is 0.409 e. The van der Waals surface area contributed by atoms with Crippen LogP contribution in [0.5, 0.6) is 17.2 Å². The van der Waals surface area contributed by atoms with Crippen molar-refractivity contribution in [2.75, 3.05) is 48.1 Å². The Morgan fingerprint density at radius 3 is 2.18 bits per heavy atom. The number of likely N-dealkylation sites (tertiary alicyclic amines) is 1. The van der Waals surface area contributed by atoms with E-state index in [1.54, 1.807) is 44.4 Å². The van der Waals surface area contributed by atoms with Crippen molar-refractivity contribution in [1.29, 1.82) is 0 Å². The van der Waals surface area contributed by atoms with Crippen molar-refractivity contribution in [3.63, 3.8) is 0 Å². The zero-order valence-electron chi connectivity index (χ0n) is 16.8. The Bertz CT molecular complexity index is 686. The summed E-state index contributed by atoms with van der Waals surface area (Å²) < 4.78 is 20.6. The normalized spacial score (nSPS) is 14.6. The summed E-state index contributed by atoms with van der Waals surface area (Å²) in [6.45, 7) is 1.87. The zero-order chi connectivity index (χ0) is 20.5. The first-order valence-electron chi connectivity index (χ1n) is 9.11. The molecule has 1 fully saturated rings. The highest BCUT2D eigenvalue weighted by Crippen LogP contribution is 2.38. The Hall–Kier alpha value is -2.90. The molecular weight excluding hydrogens is 364 g/mol. The quantitative estimate of drug-likeness (QED) is 0.717. The average molecular weight is 392 g/mol. The standard InChI is InChI=1S/C20H28N2O6/c1-25-16-11-15(12-17(26-2)19(16)27-3)5-6-18(23)21-13-14-7-9-22(10-8-14)20(24)28-4/h5-6,11-12,14H,7-10,13H2,1-4H3,(H,21,23). The molecule has 8 nitrogen and oxygen atoms in total. The summed E-state index contributed by atoms with van der Waals surface area (Å²) in [5.41, 5.74) is 0.760. The molecule has 1 aliphatic rings. The summed E-state index contributed by atoms with van der Waals surface area (Å²) in [7, 11) is 6.01. The molecule has 0 atom stereocenters. The second-order valence-electron chi connectivity index (χ2n) is 6.44. The first-order chi connectivity index (χ1) is 13.5. The van der Waals surface area contributed by atoms with Crippen LogP contribution in [0.25, 0.3) is 6.08 Å². The predicted molar refractivity (Wildman–Crippen MR) is 105 cm³/mol. The summed E-state index contributed by atoms with van der Waals surface area (Å²) in [5, 5.41) is 2.91. The summed E-state index contributed by atoms with van der Waals surface area (Å²) in [6.07, 6.45) is 4.55. The number of carbonyl (C=O) groups excluding carboxylic acids is 2. The lowest BCUT2D eigenvalue weighted by molar-refractivity contribution is -0.116.